The number of benzene rings is 2. The molecule has 2 rings (SSSR count). The summed E-state index contributed by atoms with van der Waals surface area (Å²) in [4.78, 5) is 24.4. The number of hydrogen-bond acceptors (Lipinski definition) is 4. The van der Waals surface area contributed by atoms with Crippen LogP contribution in [0, 0.1) is 5.41 Å². The maximum Gasteiger partial charge on any atom is 0.251 e. The van der Waals surface area contributed by atoms with Crippen molar-refractivity contribution in [2.24, 2.45) is 5.41 Å². The molecule has 174 valence electrons. The standard InChI is InChI=1S/C25H34N2O4S/c1-18(28)21-9-8-10-22(15-21)27(32(7,30)31)16-19-11-13-20(14-12-19)23(29)26-25(5,6)17-24(2,3)4/h8-15H,16-17H2,1-7H3,(H,26,29). The average Bonchev–Trinajstić information content (AvgIpc) is 2.63. The first-order valence-corrected chi connectivity index (χ1v) is 12.4. The summed E-state index contributed by atoms with van der Waals surface area (Å²) < 4.78 is 26.1. The first kappa shape index (κ1) is 25.6. The summed E-state index contributed by atoms with van der Waals surface area (Å²) in [5.74, 6) is -0.301. The lowest BCUT2D eigenvalue weighted by Crippen LogP contribution is -2.45. The Labute approximate surface area is 192 Å². The SMILES string of the molecule is CC(=O)c1cccc(N(Cc2ccc(C(=O)NC(C)(C)CC(C)(C)C)cc2)S(C)(=O)=O)c1. The molecule has 0 aliphatic rings. The van der Waals surface area contributed by atoms with Crippen LogP contribution in [0.2, 0.25) is 0 Å². The molecule has 1 amide bonds. The molecule has 0 aliphatic heterocycles. The van der Waals surface area contributed by atoms with Crippen molar-refractivity contribution in [3.8, 4) is 0 Å². The lowest BCUT2D eigenvalue weighted by Gasteiger charge is -2.33. The second-order valence-electron chi connectivity index (χ2n) is 10.1. The Morgan fingerprint density at radius 2 is 1.53 bits per heavy atom. The van der Waals surface area contributed by atoms with E-state index in [0.717, 1.165) is 18.2 Å². The van der Waals surface area contributed by atoms with Crippen molar-refractivity contribution in [2.75, 3.05) is 10.6 Å². The minimum Gasteiger partial charge on any atom is -0.347 e. The zero-order chi connectivity index (χ0) is 24.3. The molecule has 0 spiro atoms. The van der Waals surface area contributed by atoms with Crippen LogP contribution >= 0.6 is 0 Å². The average molecular weight is 459 g/mol. The van der Waals surface area contributed by atoms with Gasteiger partial charge in [0.15, 0.2) is 5.78 Å². The van der Waals surface area contributed by atoms with Gasteiger partial charge in [-0.3, -0.25) is 13.9 Å². The Bertz CT molecular complexity index is 1080. The van der Waals surface area contributed by atoms with E-state index in [1.807, 2.05) is 13.8 Å². The Balaban J connectivity index is 2.21. The molecule has 0 radical (unpaired) electrons. The second-order valence-corrected chi connectivity index (χ2v) is 12.1. The molecular formula is C25H34N2O4S. The van der Waals surface area contributed by atoms with Crippen LogP contribution in [0.3, 0.4) is 0 Å². The minimum absolute atomic E-state index is 0.0788. The van der Waals surface area contributed by atoms with Gasteiger partial charge in [-0.2, -0.15) is 0 Å². The van der Waals surface area contributed by atoms with E-state index >= 15 is 0 Å². The zero-order valence-electron chi connectivity index (χ0n) is 20.0. The highest BCUT2D eigenvalue weighted by Gasteiger charge is 2.27. The number of Topliss-reactive ketones (excluding diaryl/α,β-unsaturated/α-hetero) is 1. The third-order valence-corrected chi connectivity index (χ3v) is 6.05. The number of nitrogens with zero attached hydrogens (tertiary/aromatic N) is 1. The number of carbonyl (C=O) groups is 2. The van der Waals surface area contributed by atoms with Crippen molar-refractivity contribution >= 4 is 27.4 Å². The van der Waals surface area contributed by atoms with Crippen molar-refractivity contribution in [1.29, 1.82) is 0 Å². The maximum absolute atomic E-state index is 12.7. The number of hydrogen-bond donors (Lipinski definition) is 1. The van der Waals surface area contributed by atoms with Gasteiger partial charge in [0.25, 0.3) is 5.91 Å². The van der Waals surface area contributed by atoms with Crippen LogP contribution in [0.15, 0.2) is 48.5 Å². The van der Waals surface area contributed by atoms with Crippen LogP contribution in [0.4, 0.5) is 5.69 Å². The zero-order valence-corrected chi connectivity index (χ0v) is 20.8. The van der Waals surface area contributed by atoms with Crippen molar-refractivity contribution < 1.29 is 18.0 Å². The lowest BCUT2D eigenvalue weighted by molar-refractivity contribution is 0.0890. The second kappa shape index (κ2) is 9.45. The molecule has 0 aromatic heterocycles. The molecule has 1 N–H and O–H groups in total. The van der Waals surface area contributed by atoms with E-state index in [2.05, 4.69) is 26.1 Å². The minimum atomic E-state index is -3.58. The molecule has 0 saturated heterocycles. The normalized spacial score (nSPS) is 12.3. The maximum atomic E-state index is 12.7. The molecule has 6 nitrogen and oxygen atoms in total. The molecule has 32 heavy (non-hydrogen) atoms. The fraction of sp³-hybridized carbons (Fsp3) is 0.440. The fourth-order valence-corrected chi connectivity index (χ4v) is 4.84. The molecule has 0 aliphatic carbocycles. The number of rotatable bonds is 8. The van der Waals surface area contributed by atoms with Crippen LogP contribution in [0.25, 0.3) is 0 Å². The van der Waals surface area contributed by atoms with Crippen LogP contribution in [0.1, 0.15) is 74.2 Å². The highest BCUT2D eigenvalue weighted by molar-refractivity contribution is 7.92. The third kappa shape index (κ3) is 7.48. The van der Waals surface area contributed by atoms with Gasteiger partial charge in [0.2, 0.25) is 10.0 Å². The predicted octanol–water partition coefficient (Wildman–Crippen LogP) is 4.80. The number of carbonyl (C=O) groups excluding carboxylic acids is 2. The molecule has 2 aromatic rings. The van der Waals surface area contributed by atoms with E-state index in [1.54, 1.807) is 48.5 Å². The van der Waals surface area contributed by atoms with Crippen LogP contribution in [-0.2, 0) is 16.6 Å². The van der Waals surface area contributed by atoms with Crippen LogP contribution in [0.5, 0.6) is 0 Å². The third-order valence-electron chi connectivity index (χ3n) is 4.91. The van der Waals surface area contributed by atoms with Gasteiger partial charge in [-0.1, -0.05) is 45.0 Å². The van der Waals surface area contributed by atoms with Gasteiger partial charge in [-0.15, -0.1) is 0 Å². The topological polar surface area (TPSA) is 83.6 Å². The predicted molar refractivity (Wildman–Crippen MR) is 130 cm³/mol. The fourth-order valence-electron chi connectivity index (χ4n) is 3.96. The summed E-state index contributed by atoms with van der Waals surface area (Å²) >= 11 is 0. The molecule has 0 atom stereocenters. The lowest BCUT2D eigenvalue weighted by atomic mass is 9.81. The van der Waals surface area contributed by atoms with Gasteiger partial charge in [0, 0.05) is 16.7 Å². The Morgan fingerprint density at radius 3 is 2.03 bits per heavy atom. The Morgan fingerprint density at radius 1 is 0.938 bits per heavy atom. The monoisotopic (exact) mass is 458 g/mol. The van der Waals surface area contributed by atoms with Gasteiger partial charge in [-0.25, -0.2) is 8.42 Å². The quantitative estimate of drug-likeness (QED) is 0.576. The smallest absolute Gasteiger partial charge is 0.251 e. The molecule has 0 bridgehead atoms. The summed E-state index contributed by atoms with van der Waals surface area (Å²) in [5.41, 5.74) is 1.83. The molecular weight excluding hydrogens is 424 g/mol. The Kier molecular flexibility index (Phi) is 7.55. The highest BCUT2D eigenvalue weighted by Crippen LogP contribution is 2.27. The summed E-state index contributed by atoms with van der Waals surface area (Å²) in [6.07, 6.45) is 1.96. The summed E-state index contributed by atoms with van der Waals surface area (Å²) in [7, 11) is -3.58. The van der Waals surface area contributed by atoms with E-state index in [4.69, 9.17) is 0 Å². The molecule has 0 heterocycles. The number of ketones is 1. The summed E-state index contributed by atoms with van der Waals surface area (Å²) in [5, 5.41) is 3.08. The van der Waals surface area contributed by atoms with Gasteiger partial charge in [0.05, 0.1) is 18.5 Å². The van der Waals surface area contributed by atoms with Crippen molar-refractivity contribution in [3.63, 3.8) is 0 Å². The van der Waals surface area contributed by atoms with Gasteiger partial charge in [0.1, 0.15) is 0 Å². The molecule has 0 fully saturated rings. The number of sulfonamides is 1. The van der Waals surface area contributed by atoms with Crippen molar-refractivity contribution in [2.45, 2.75) is 60.0 Å². The van der Waals surface area contributed by atoms with E-state index in [1.165, 1.54) is 11.2 Å². The number of anilines is 1. The largest absolute Gasteiger partial charge is 0.347 e. The molecule has 2 aromatic carbocycles. The number of nitrogens with one attached hydrogen (secondary N) is 1. The van der Waals surface area contributed by atoms with Gasteiger partial charge >= 0.3 is 0 Å². The van der Waals surface area contributed by atoms with Crippen molar-refractivity contribution in [1.82, 2.24) is 5.32 Å². The van der Waals surface area contributed by atoms with Gasteiger partial charge < -0.3 is 5.32 Å². The molecule has 7 heteroatoms. The van der Waals surface area contributed by atoms with E-state index in [0.29, 0.717) is 16.8 Å². The van der Waals surface area contributed by atoms with E-state index in [-0.39, 0.29) is 29.2 Å². The van der Waals surface area contributed by atoms with E-state index in [9.17, 15) is 18.0 Å². The first-order chi connectivity index (χ1) is 14.6. The van der Waals surface area contributed by atoms with E-state index < -0.39 is 10.0 Å². The molecule has 0 unspecified atom stereocenters. The van der Waals surface area contributed by atoms with Crippen LogP contribution < -0.4 is 9.62 Å². The highest BCUT2D eigenvalue weighted by atomic mass is 32.2. The summed E-state index contributed by atoms with van der Waals surface area (Å²) in [6, 6.07) is 13.4. The first-order valence-electron chi connectivity index (χ1n) is 10.6. The van der Waals surface area contributed by atoms with Crippen molar-refractivity contribution in [3.05, 3.63) is 65.2 Å². The van der Waals surface area contributed by atoms with Crippen LogP contribution in [-0.4, -0.2) is 31.9 Å². The number of amides is 1. The Hall–Kier alpha value is -2.67. The summed E-state index contributed by atoms with van der Waals surface area (Å²) in [6.45, 7) is 11.9. The van der Waals surface area contributed by atoms with Gasteiger partial charge in [-0.05, 0) is 62.4 Å². The molecule has 0 saturated carbocycles.